The third-order valence-corrected chi connectivity index (χ3v) is 5.48. The van der Waals surface area contributed by atoms with Crippen LogP contribution < -0.4 is 5.32 Å². The van der Waals surface area contributed by atoms with Crippen molar-refractivity contribution in [3.8, 4) is 0 Å². The number of nitrogens with one attached hydrogen (secondary N) is 1. The second-order valence-electron chi connectivity index (χ2n) is 5.84. The predicted octanol–water partition coefficient (Wildman–Crippen LogP) is 4.17. The zero-order valence-electron chi connectivity index (χ0n) is 12.1. The Morgan fingerprint density at radius 1 is 1.39 bits per heavy atom. The van der Waals surface area contributed by atoms with Crippen molar-refractivity contribution in [3.63, 3.8) is 0 Å². The standard InChI is InChI=1S/C15H26N2S/c1-5-16-15(14-9-17-12(4)18-14)13-7-6-10(2)11(3)8-13/h9-11,13,15-16H,5-8H2,1-4H3. The molecule has 4 atom stereocenters. The molecule has 102 valence electrons. The van der Waals surface area contributed by atoms with E-state index in [4.69, 9.17) is 0 Å². The molecule has 1 aromatic rings. The van der Waals surface area contributed by atoms with E-state index in [9.17, 15) is 0 Å². The molecule has 2 rings (SSSR count). The first-order valence-electron chi connectivity index (χ1n) is 7.27. The van der Waals surface area contributed by atoms with Crippen molar-refractivity contribution in [1.29, 1.82) is 0 Å². The maximum Gasteiger partial charge on any atom is 0.0897 e. The number of hydrogen-bond donors (Lipinski definition) is 1. The van der Waals surface area contributed by atoms with E-state index in [1.54, 1.807) is 0 Å². The van der Waals surface area contributed by atoms with Gasteiger partial charge in [0.05, 0.1) is 5.01 Å². The third-order valence-electron chi connectivity index (χ3n) is 4.48. The van der Waals surface area contributed by atoms with Crippen LogP contribution in [0, 0.1) is 24.7 Å². The van der Waals surface area contributed by atoms with Gasteiger partial charge in [-0.15, -0.1) is 11.3 Å². The summed E-state index contributed by atoms with van der Waals surface area (Å²) in [6, 6.07) is 0.524. The van der Waals surface area contributed by atoms with Gasteiger partial charge >= 0.3 is 0 Å². The maximum absolute atomic E-state index is 4.43. The Hall–Kier alpha value is -0.410. The second kappa shape index (κ2) is 6.16. The summed E-state index contributed by atoms with van der Waals surface area (Å²) in [5, 5.41) is 4.87. The first-order chi connectivity index (χ1) is 8.61. The van der Waals surface area contributed by atoms with Crippen LogP contribution in [0.4, 0.5) is 0 Å². The van der Waals surface area contributed by atoms with Gasteiger partial charge in [-0.3, -0.25) is 0 Å². The van der Waals surface area contributed by atoms with E-state index < -0.39 is 0 Å². The molecule has 2 nitrogen and oxygen atoms in total. The molecule has 0 spiro atoms. The van der Waals surface area contributed by atoms with E-state index in [2.05, 4.69) is 44.2 Å². The fraction of sp³-hybridized carbons (Fsp3) is 0.800. The van der Waals surface area contributed by atoms with Crippen LogP contribution in [0.5, 0.6) is 0 Å². The number of nitrogens with zero attached hydrogens (tertiary/aromatic N) is 1. The van der Waals surface area contributed by atoms with E-state index in [1.165, 1.54) is 29.1 Å². The summed E-state index contributed by atoms with van der Waals surface area (Å²) in [6.07, 6.45) is 6.18. The summed E-state index contributed by atoms with van der Waals surface area (Å²) in [6.45, 7) is 10.2. The normalized spacial score (nSPS) is 30.3. The van der Waals surface area contributed by atoms with Gasteiger partial charge < -0.3 is 5.32 Å². The number of rotatable bonds is 4. The molecular formula is C15H26N2S. The van der Waals surface area contributed by atoms with Crippen LogP contribution in [-0.4, -0.2) is 11.5 Å². The van der Waals surface area contributed by atoms with E-state index in [0.717, 1.165) is 24.3 Å². The van der Waals surface area contributed by atoms with Gasteiger partial charge in [0.25, 0.3) is 0 Å². The molecule has 0 radical (unpaired) electrons. The Balaban J connectivity index is 2.10. The number of aromatic nitrogens is 1. The topological polar surface area (TPSA) is 24.9 Å². The molecule has 1 N–H and O–H groups in total. The van der Waals surface area contributed by atoms with Crippen molar-refractivity contribution in [2.75, 3.05) is 6.54 Å². The van der Waals surface area contributed by atoms with Crippen LogP contribution in [0.15, 0.2) is 6.20 Å². The van der Waals surface area contributed by atoms with Gasteiger partial charge in [-0.2, -0.15) is 0 Å². The van der Waals surface area contributed by atoms with Crippen molar-refractivity contribution in [2.24, 2.45) is 17.8 Å². The lowest BCUT2D eigenvalue weighted by molar-refractivity contribution is 0.173. The average molecular weight is 266 g/mol. The molecular weight excluding hydrogens is 240 g/mol. The van der Waals surface area contributed by atoms with Gasteiger partial charge in [0.2, 0.25) is 0 Å². The minimum Gasteiger partial charge on any atom is -0.309 e. The minimum absolute atomic E-state index is 0.524. The van der Waals surface area contributed by atoms with Crippen molar-refractivity contribution in [2.45, 2.75) is 53.0 Å². The number of hydrogen-bond acceptors (Lipinski definition) is 3. The van der Waals surface area contributed by atoms with Gasteiger partial charge in [-0.1, -0.05) is 27.2 Å². The first kappa shape index (κ1) is 14.0. The molecule has 1 aliphatic carbocycles. The summed E-state index contributed by atoms with van der Waals surface area (Å²) in [5.74, 6) is 2.54. The minimum atomic E-state index is 0.524. The van der Waals surface area contributed by atoms with Crippen LogP contribution in [0.3, 0.4) is 0 Å². The first-order valence-corrected chi connectivity index (χ1v) is 8.09. The van der Waals surface area contributed by atoms with Crippen LogP contribution in [0.1, 0.15) is 56.0 Å². The third kappa shape index (κ3) is 3.12. The highest BCUT2D eigenvalue weighted by Gasteiger charge is 2.31. The molecule has 1 saturated carbocycles. The highest BCUT2D eigenvalue weighted by Crippen LogP contribution is 2.40. The lowest BCUT2D eigenvalue weighted by Gasteiger charge is -2.36. The predicted molar refractivity (Wildman–Crippen MR) is 78.9 cm³/mol. The van der Waals surface area contributed by atoms with E-state index in [1.807, 2.05) is 11.3 Å². The van der Waals surface area contributed by atoms with Gasteiger partial charge in [0.15, 0.2) is 0 Å². The SMILES string of the molecule is CCNC(c1cnc(C)s1)C1CCC(C)C(C)C1. The molecule has 1 fully saturated rings. The molecule has 18 heavy (non-hydrogen) atoms. The maximum atomic E-state index is 4.43. The van der Waals surface area contributed by atoms with Gasteiger partial charge in [-0.25, -0.2) is 4.98 Å². The smallest absolute Gasteiger partial charge is 0.0897 e. The lowest BCUT2D eigenvalue weighted by atomic mass is 9.73. The Bertz CT molecular complexity index is 374. The van der Waals surface area contributed by atoms with Crippen molar-refractivity contribution < 1.29 is 0 Å². The van der Waals surface area contributed by atoms with Crippen LogP contribution >= 0.6 is 11.3 Å². The summed E-state index contributed by atoms with van der Waals surface area (Å²) in [4.78, 5) is 5.86. The molecule has 0 saturated heterocycles. The fourth-order valence-electron chi connectivity index (χ4n) is 3.13. The number of aryl methyl sites for hydroxylation is 1. The quantitative estimate of drug-likeness (QED) is 0.884. The molecule has 1 aliphatic rings. The summed E-state index contributed by atoms with van der Waals surface area (Å²) >= 11 is 1.86. The van der Waals surface area contributed by atoms with Crippen molar-refractivity contribution >= 4 is 11.3 Å². The molecule has 0 amide bonds. The molecule has 0 bridgehead atoms. The molecule has 1 heterocycles. The van der Waals surface area contributed by atoms with Gasteiger partial charge in [0.1, 0.15) is 0 Å². The Morgan fingerprint density at radius 3 is 2.72 bits per heavy atom. The fourth-order valence-corrected chi connectivity index (χ4v) is 4.09. The van der Waals surface area contributed by atoms with Crippen LogP contribution in [-0.2, 0) is 0 Å². The van der Waals surface area contributed by atoms with E-state index in [0.29, 0.717) is 6.04 Å². The summed E-state index contributed by atoms with van der Waals surface area (Å²) < 4.78 is 0. The Morgan fingerprint density at radius 2 is 2.17 bits per heavy atom. The Labute approximate surface area is 115 Å². The van der Waals surface area contributed by atoms with Crippen molar-refractivity contribution in [1.82, 2.24) is 10.3 Å². The van der Waals surface area contributed by atoms with Crippen molar-refractivity contribution in [3.05, 3.63) is 16.1 Å². The largest absolute Gasteiger partial charge is 0.309 e. The van der Waals surface area contributed by atoms with E-state index >= 15 is 0 Å². The monoisotopic (exact) mass is 266 g/mol. The number of thiazole rings is 1. The highest BCUT2D eigenvalue weighted by molar-refractivity contribution is 7.11. The van der Waals surface area contributed by atoms with Gasteiger partial charge in [-0.05, 0) is 44.1 Å². The summed E-state index contributed by atoms with van der Waals surface area (Å²) in [5.41, 5.74) is 0. The molecule has 0 aliphatic heterocycles. The zero-order chi connectivity index (χ0) is 13.1. The Kier molecular flexibility index (Phi) is 4.79. The van der Waals surface area contributed by atoms with Crippen LogP contribution in [0.25, 0.3) is 0 Å². The highest BCUT2D eigenvalue weighted by atomic mass is 32.1. The molecule has 0 aromatic carbocycles. The molecule has 3 heteroatoms. The zero-order valence-corrected chi connectivity index (χ0v) is 12.9. The summed E-state index contributed by atoms with van der Waals surface area (Å²) in [7, 11) is 0. The average Bonchev–Trinajstić information content (AvgIpc) is 2.76. The lowest BCUT2D eigenvalue weighted by Crippen LogP contribution is -2.32. The van der Waals surface area contributed by atoms with Gasteiger partial charge in [0, 0.05) is 17.1 Å². The molecule has 4 unspecified atom stereocenters. The second-order valence-corrected chi connectivity index (χ2v) is 7.11. The van der Waals surface area contributed by atoms with E-state index in [-0.39, 0.29) is 0 Å². The van der Waals surface area contributed by atoms with Crippen LogP contribution in [0.2, 0.25) is 0 Å². The molecule has 1 aromatic heterocycles.